The smallest absolute Gasteiger partial charge is 0.356 e. The monoisotopic (exact) mass is 169 g/mol. The van der Waals surface area contributed by atoms with Gasteiger partial charge >= 0.3 is 5.97 Å². The largest absolute Gasteiger partial charge is 0.476 e. The molecule has 0 radical (unpaired) electrons. The van der Waals surface area contributed by atoms with Crippen LogP contribution in [-0.2, 0) is 6.54 Å². The molecule has 1 heterocycles. The van der Waals surface area contributed by atoms with Gasteiger partial charge in [0.2, 0.25) is 0 Å². The number of nitrogens with zero attached hydrogens (tertiary/aromatic N) is 3. The zero-order valence-corrected chi connectivity index (χ0v) is 7.11. The highest BCUT2D eigenvalue weighted by atomic mass is 16.4. The number of rotatable bonds is 3. The maximum atomic E-state index is 10.7. The van der Waals surface area contributed by atoms with Crippen molar-refractivity contribution in [3.63, 3.8) is 0 Å². The fraction of sp³-hybridized carbons (Fsp3) is 0.571. The van der Waals surface area contributed by atoms with Gasteiger partial charge in [-0.05, 0) is 13.3 Å². The van der Waals surface area contributed by atoms with E-state index in [0.717, 1.165) is 6.42 Å². The lowest BCUT2D eigenvalue weighted by molar-refractivity contribution is 0.0682. The highest BCUT2D eigenvalue weighted by molar-refractivity contribution is 5.86. The van der Waals surface area contributed by atoms with Crippen molar-refractivity contribution in [2.24, 2.45) is 0 Å². The van der Waals surface area contributed by atoms with Crippen LogP contribution in [0.3, 0.4) is 0 Å². The summed E-state index contributed by atoms with van der Waals surface area (Å²) in [4.78, 5) is 10.7. The molecule has 0 amide bonds. The standard InChI is InChI=1S/C7H11N3O2/c1-3-4-10-6(7(11)12)5(2)8-9-10/h3-4H2,1-2H3,(H,11,12). The molecule has 5 heteroatoms. The van der Waals surface area contributed by atoms with E-state index in [9.17, 15) is 4.79 Å². The van der Waals surface area contributed by atoms with Crippen molar-refractivity contribution in [1.82, 2.24) is 15.0 Å². The average Bonchev–Trinajstić information content (AvgIpc) is 2.32. The number of aromatic carboxylic acids is 1. The van der Waals surface area contributed by atoms with Crippen LogP contribution in [0.5, 0.6) is 0 Å². The molecule has 0 fully saturated rings. The van der Waals surface area contributed by atoms with E-state index in [1.807, 2.05) is 6.92 Å². The van der Waals surface area contributed by atoms with E-state index in [1.54, 1.807) is 6.92 Å². The molecule has 12 heavy (non-hydrogen) atoms. The first kappa shape index (κ1) is 8.70. The second kappa shape index (κ2) is 3.34. The minimum Gasteiger partial charge on any atom is -0.476 e. The van der Waals surface area contributed by atoms with E-state index in [4.69, 9.17) is 5.11 Å². The molecule has 1 N–H and O–H groups in total. The van der Waals surface area contributed by atoms with Crippen LogP contribution in [0.2, 0.25) is 0 Å². The normalized spacial score (nSPS) is 10.2. The number of hydrogen-bond acceptors (Lipinski definition) is 3. The topological polar surface area (TPSA) is 68.0 Å². The molecule has 0 unspecified atom stereocenters. The minimum atomic E-state index is -0.967. The van der Waals surface area contributed by atoms with Crippen molar-refractivity contribution >= 4 is 5.97 Å². The number of aromatic nitrogens is 3. The molecule has 0 aliphatic rings. The maximum absolute atomic E-state index is 10.7. The molecule has 0 bridgehead atoms. The van der Waals surface area contributed by atoms with Crippen LogP contribution >= 0.6 is 0 Å². The predicted octanol–water partition coefficient (Wildman–Crippen LogP) is 0.695. The van der Waals surface area contributed by atoms with Crippen LogP contribution < -0.4 is 0 Å². The molecule has 5 nitrogen and oxygen atoms in total. The van der Waals surface area contributed by atoms with Crippen molar-refractivity contribution in [2.75, 3.05) is 0 Å². The van der Waals surface area contributed by atoms with E-state index in [0.29, 0.717) is 12.2 Å². The molecule has 1 aromatic heterocycles. The Bertz CT molecular complexity index is 293. The molecule has 0 spiro atoms. The van der Waals surface area contributed by atoms with E-state index in [1.165, 1.54) is 4.68 Å². The molecule has 66 valence electrons. The summed E-state index contributed by atoms with van der Waals surface area (Å²) in [5.74, 6) is -0.967. The summed E-state index contributed by atoms with van der Waals surface area (Å²) in [5.41, 5.74) is 0.660. The first-order valence-corrected chi connectivity index (χ1v) is 3.80. The summed E-state index contributed by atoms with van der Waals surface area (Å²) in [6, 6.07) is 0. The third-order valence-corrected chi connectivity index (χ3v) is 1.54. The first-order chi connectivity index (χ1) is 5.66. The van der Waals surface area contributed by atoms with Gasteiger partial charge in [-0.1, -0.05) is 12.1 Å². The molecule has 0 aliphatic carbocycles. The summed E-state index contributed by atoms with van der Waals surface area (Å²) >= 11 is 0. The average molecular weight is 169 g/mol. The number of aryl methyl sites for hydroxylation is 2. The zero-order valence-electron chi connectivity index (χ0n) is 7.11. The molecule has 0 atom stereocenters. The third kappa shape index (κ3) is 1.44. The molecule has 1 rings (SSSR count). The Hall–Kier alpha value is -1.39. The Balaban J connectivity index is 3.04. The van der Waals surface area contributed by atoms with E-state index in [-0.39, 0.29) is 5.69 Å². The van der Waals surface area contributed by atoms with Crippen molar-refractivity contribution in [3.05, 3.63) is 11.4 Å². The van der Waals surface area contributed by atoms with Crippen molar-refractivity contribution in [3.8, 4) is 0 Å². The van der Waals surface area contributed by atoms with Crippen LogP contribution in [0.1, 0.15) is 29.5 Å². The summed E-state index contributed by atoms with van der Waals surface area (Å²) in [6.07, 6.45) is 0.850. The van der Waals surface area contributed by atoms with Gasteiger partial charge in [0.15, 0.2) is 5.69 Å². The van der Waals surface area contributed by atoms with Gasteiger partial charge in [0.25, 0.3) is 0 Å². The van der Waals surface area contributed by atoms with Crippen molar-refractivity contribution in [1.29, 1.82) is 0 Å². The summed E-state index contributed by atoms with van der Waals surface area (Å²) in [7, 11) is 0. The van der Waals surface area contributed by atoms with E-state index in [2.05, 4.69) is 10.3 Å². The second-order valence-corrected chi connectivity index (χ2v) is 2.55. The van der Waals surface area contributed by atoms with Gasteiger partial charge in [0.1, 0.15) is 0 Å². The Morgan fingerprint density at radius 3 is 2.83 bits per heavy atom. The summed E-state index contributed by atoms with van der Waals surface area (Å²) in [6.45, 7) is 4.20. The number of carboxylic acid groups (broad SMARTS) is 1. The third-order valence-electron chi connectivity index (χ3n) is 1.54. The summed E-state index contributed by atoms with van der Waals surface area (Å²) in [5, 5.41) is 16.2. The summed E-state index contributed by atoms with van der Waals surface area (Å²) < 4.78 is 1.41. The molecular weight excluding hydrogens is 158 g/mol. The quantitative estimate of drug-likeness (QED) is 0.723. The van der Waals surface area contributed by atoms with Gasteiger partial charge in [-0.3, -0.25) is 0 Å². The van der Waals surface area contributed by atoms with Crippen LogP contribution in [0.4, 0.5) is 0 Å². The molecule has 0 aliphatic heterocycles. The van der Waals surface area contributed by atoms with Gasteiger partial charge in [-0.25, -0.2) is 9.48 Å². The molecule has 1 aromatic rings. The molecule has 0 saturated heterocycles. The van der Waals surface area contributed by atoms with Gasteiger partial charge in [-0.2, -0.15) is 0 Å². The van der Waals surface area contributed by atoms with Crippen molar-refractivity contribution < 1.29 is 9.90 Å². The van der Waals surface area contributed by atoms with Crippen LogP contribution in [0.15, 0.2) is 0 Å². The van der Waals surface area contributed by atoms with Gasteiger partial charge in [0, 0.05) is 6.54 Å². The highest BCUT2D eigenvalue weighted by Crippen LogP contribution is 2.03. The molecule has 0 saturated carbocycles. The number of carboxylic acids is 1. The Morgan fingerprint density at radius 1 is 1.67 bits per heavy atom. The first-order valence-electron chi connectivity index (χ1n) is 3.80. The molecule has 0 aromatic carbocycles. The van der Waals surface area contributed by atoms with Crippen LogP contribution in [-0.4, -0.2) is 26.1 Å². The number of hydrogen-bond donors (Lipinski definition) is 1. The predicted molar refractivity (Wildman–Crippen MR) is 42.0 cm³/mol. The van der Waals surface area contributed by atoms with E-state index < -0.39 is 5.97 Å². The SMILES string of the molecule is CCCn1nnc(C)c1C(=O)O. The Kier molecular flexibility index (Phi) is 2.42. The van der Waals surface area contributed by atoms with Gasteiger partial charge in [0.05, 0.1) is 5.69 Å². The van der Waals surface area contributed by atoms with Gasteiger partial charge < -0.3 is 5.11 Å². The minimum absolute atomic E-state index is 0.192. The number of carbonyl (C=O) groups is 1. The Labute approximate surface area is 70.0 Å². The Morgan fingerprint density at radius 2 is 2.33 bits per heavy atom. The lowest BCUT2D eigenvalue weighted by Gasteiger charge is -1.99. The fourth-order valence-electron chi connectivity index (χ4n) is 1.03. The lowest BCUT2D eigenvalue weighted by Crippen LogP contribution is -2.10. The highest BCUT2D eigenvalue weighted by Gasteiger charge is 2.15. The molecular formula is C7H11N3O2. The second-order valence-electron chi connectivity index (χ2n) is 2.55. The van der Waals surface area contributed by atoms with Gasteiger partial charge in [-0.15, -0.1) is 5.10 Å². The zero-order chi connectivity index (χ0) is 9.14. The van der Waals surface area contributed by atoms with Crippen molar-refractivity contribution in [2.45, 2.75) is 26.8 Å². The van der Waals surface area contributed by atoms with Crippen LogP contribution in [0, 0.1) is 6.92 Å². The van der Waals surface area contributed by atoms with E-state index >= 15 is 0 Å². The lowest BCUT2D eigenvalue weighted by atomic mass is 10.3. The van der Waals surface area contributed by atoms with Crippen LogP contribution in [0.25, 0.3) is 0 Å². The maximum Gasteiger partial charge on any atom is 0.356 e. The fourth-order valence-corrected chi connectivity index (χ4v) is 1.03.